The minimum Gasteiger partial charge on any atom is -0.384 e. The summed E-state index contributed by atoms with van der Waals surface area (Å²) in [6.07, 6.45) is 3.25. The van der Waals surface area contributed by atoms with Crippen molar-refractivity contribution in [2.24, 2.45) is 0 Å². The molecule has 1 aromatic rings. The molecule has 17 heavy (non-hydrogen) atoms. The molecule has 0 radical (unpaired) electrons. The molecular formula is C15H19NO. The van der Waals surface area contributed by atoms with Gasteiger partial charge in [0.1, 0.15) is 0 Å². The first kappa shape index (κ1) is 11.9. The number of carbonyl (C=O) groups is 1. The van der Waals surface area contributed by atoms with Crippen LogP contribution in [0.25, 0.3) is 0 Å². The highest BCUT2D eigenvalue weighted by atomic mass is 16.1. The molecule has 0 amide bonds. The number of ketones is 1. The van der Waals surface area contributed by atoms with E-state index in [0.29, 0.717) is 12.3 Å². The smallest absolute Gasteiger partial charge is 0.157 e. The molecule has 0 bridgehead atoms. The zero-order valence-electron chi connectivity index (χ0n) is 10.5. The highest BCUT2D eigenvalue weighted by molar-refractivity contribution is 5.92. The topological polar surface area (TPSA) is 29.1 Å². The lowest BCUT2D eigenvalue weighted by Crippen LogP contribution is -2.11. The normalized spacial score (nSPS) is 15.2. The predicted octanol–water partition coefficient (Wildman–Crippen LogP) is 3.15. The highest BCUT2D eigenvalue weighted by Gasteiger charge is 2.10. The summed E-state index contributed by atoms with van der Waals surface area (Å²) in [4.78, 5) is 11.1. The quantitative estimate of drug-likeness (QED) is 0.859. The summed E-state index contributed by atoms with van der Waals surface area (Å²) in [5.41, 5.74) is 3.70. The summed E-state index contributed by atoms with van der Waals surface area (Å²) in [5, 5.41) is 3.32. The maximum absolute atomic E-state index is 11.1. The second-order valence-electron chi connectivity index (χ2n) is 4.89. The Morgan fingerprint density at radius 1 is 1.18 bits per heavy atom. The molecule has 1 aliphatic carbocycles. The van der Waals surface area contributed by atoms with Gasteiger partial charge in [-0.25, -0.2) is 0 Å². The monoisotopic (exact) mass is 229 g/mol. The summed E-state index contributed by atoms with van der Waals surface area (Å²) in [6.45, 7) is 5.20. The zero-order valence-corrected chi connectivity index (χ0v) is 10.5. The molecule has 1 aromatic carbocycles. The Labute approximate surface area is 103 Å². The van der Waals surface area contributed by atoms with Crippen LogP contribution in [0.1, 0.15) is 43.7 Å². The Morgan fingerprint density at radius 3 is 2.41 bits per heavy atom. The van der Waals surface area contributed by atoms with Crippen molar-refractivity contribution >= 4 is 5.78 Å². The molecule has 2 rings (SSSR count). The SMILES string of the molecule is CC(C)c1ccc(CNC2=CC(=O)CC2)cc1. The van der Waals surface area contributed by atoms with Gasteiger partial charge in [0.2, 0.25) is 0 Å². The van der Waals surface area contributed by atoms with Crippen LogP contribution < -0.4 is 5.32 Å². The molecule has 0 unspecified atom stereocenters. The van der Waals surface area contributed by atoms with Crippen molar-refractivity contribution in [2.75, 3.05) is 0 Å². The third-order valence-corrected chi connectivity index (χ3v) is 3.14. The van der Waals surface area contributed by atoms with E-state index in [2.05, 4.69) is 43.4 Å². The van der Waals surface area contributed by atoms with Crippen LogP contribution in [0.3, 0.4) is 0 Å². The Hall–Kier alpha value is -1.57. The van der Waals surface area contributed by atoms with Crippen LogP contribution in [0, 0.1) is 0 Å². The molecular weight excluding hydrogens is 210 g/mol. The number of benzene rings is 1. The highest BCUT2D eigenvalue weighted by Crippen LogP contribution is 2.16. The van der Waals surface area contributed by atoms with Gasteiger partial charge in [-0.1, -0.05) is 38.1 Å². The van der Waals surface area contributed by atoms with Crippen LogP contribution in [-0.2, 0) is 11.3 Å². The minimum atomic E-state index is 0.239. The van der Waals surface area contributed by atoms with E-state index in [-0.39, 0.29) is 5.78 Å². The lowest BCUT2D eigenvalue weighted by molar-refractivity contribution is -0.114. The van der Waals surface area contributed by atoms with E-state index in [1.54, 1.807) is 6.08 Å². The second-order valence-corrected chi connectivity index (χ2v) is 4.89. The van der Waals surface area contributed by atoms with Gasteiger partial charge in [0.15, 0.2) is 5.78 Å². The molecule has 90 valence electrons. The molecule has 0 saturated carbocycles. The largest absolute Gasteiger partial charge is 0.384 e. The summed E-state index contributed by atoms with van der Waals surface area (Å²) in [5.74, 6) is 0.815. The molecule has 2 nitrogen and oxygen atoms in total. The Morgan fingerprint density at radius 2 is 1.88 bits per heavy atom. The standard InChI is InChI=1S/C15H19NO/c1-11(2)13-5-3-12(4-6-13)10-16-14-7-8-15(17)9-14/h3-6,9,11,16H,7-8,10H2,1-2H3. The van der Waals surface area contributed by atoms with Crippen molar-refractivity contribution in [3.63, 3.8) is 0 Å². The van der Waals surface area contributed by atoms with Gasteiger partial charge in [0.25, 0.3) is 0 Å². The lowest BCUT2D eigenvalue weighted by Gasteiger charge is -2.09. The first-order valence-corrected chi connectivity index (χ1v) is 6.21. The van der Waals surface area contributed by atoms with Crippen LogP contribution in [0.15, 0.2) is 36.0 Å². The molecule has 0 spiro atoms. The first-order chi connectivity index (χ1) is 8.15. The summed E-state index contributed by atoms with van der Waals surface area (Å²) in [7, 11) is 0. The predicted molar refractivity (Wildman–Crippen MR) is 69.7 cm³/mol. The fourth-order valence-electron chi connectivity index (χ4n) is 1.97. The van der Waals surface area contributed by atoms with Crippen molar-refractivity contribution in [1.29, 1.82) is 0 Å². The number of carbonyl (C=O) groups excluding carboxylic acids is 1. The maximum Gasteiger partial charge on any atom is 0.157 e. The van der Waals surface area contributed by atoms with Gasteiger partial charge in [0, 0.05) is 24.7 Å². The molecule has 2 heteroatoms. The average molecular weight is 229 g/mol. The first-order valence-electron chi connectivity index (χ1n) is 6.21. The van der Waals surface area contributed by atoms with Crippen LogP contribution in [0.5, 0.6) is 0 Å². The van der Waals surface area contributed by atoms with Crippen molar-refractivity contribution in [3.8, 4) is 0 Å². The van der Waals surface area contributed by atoms with Crippen LogP contribution in [-0.4, -0.2) is 5.78 Å². The van der Waals surface area contributed by atoms with E-state index in [1.807, 2.05) is 0 Å². The second kappa shape index (κ2) is 5.17. The van der Waals surface area contributed by atoms with Gasteiger partial charge in [-0.05, 0) is 23.5 Å². The fraction of sp³-hybridized carbons (Fsp3) is 0.400. The number of allylic oxidation sites excluding steroid dienone is 2. The van der Waals surface area contributed by atoms with E-state index in [4.69, 9.17) is 0 Å². The molecule has 1 aliphatic rings. The molecule has 0 atom stereocenters. The van der Waals surface area contributed by atoms with Gasteiger partial charge in [-0.2, -0.15) is 0 Å². The number of hydrogen-bond acceptors (Lipinski definition) is 2. The third kappa shape index (κ3) is 3.19. The molecule has 1 N–H and O–H groups in total. The fourth-order valence-corrected chi connectivity index (χ4v) is 1.97. The minimum absolute atomic E-state index is 0.239. The van der Waals surface area contributed by atoms with Gasteiger partial charge in [-0.3, -0.25) is 4.79 Å². The van der Waals surface area contributed by atoms with E-state index in [0.717, 1.165) is 18.7 Å². The zero-order chi connectivity index (χ0) is 12.3. The van der Waals surface area contributed by atoms with Crippen molar-refractivity contribution in [1.82, 2.24) is 5.32 Å². The Kier molecular flexibility index (Phi) is 3.62. The van der Waals surface area contributed by atoms with E-state index in [1.165, 1.54) is 11.1 Å². The van der Waals surface area contributed by atoms with E-state index >= 15 is 0 Å². The van der Waals surface area contributed by atoms with E-state index < -0.39 is 0 Å². The van der Waals surface area contributed by atoms with Gasteiger partial charge in [0.05, 0.1) is 0 Å². The number of rotatable bonds is 4. The van der Waals surface area contributed by atoms with Crippen LogP contribution in [0.4, 0.5) is 0 Å². The number of hydrogen-bond donors (Lipinski definition) is 1. The van der Waals surface area contributed by atoms with Crippen molar-refractivity contribution < 1.29 is 4.79 Å². The third-order valence-electron chi connectivity index (χ3n) is 3.14. The maximum atomic E-state index is 11.1. The molecule has 0 aliphatic heterocycles. The Balaban J connectivity index is 1.91. The summed E-state index contributed by atoms with van der Waals surface area (Å²) in [6, 6.07) is 8.66. The summed E-state index contributed by atoms with van der Waals surface area (Å²) >= 11 is 0. The van der Waals surface area contributed by atoms with Gasteiger partial charge in [-0.15, -0.1) is 0 Å². The lowest BCUT2D eigenvalue weighted by atomic mass is 10.0. The summed E-state index contributed by atoms with van der Waals surface area (Å²) < 4.78 is 0. The molecule has 0 fully saturated rings. The molecule has 0 saturated heterocycles. The van der Waals surface area contributed by atoms with Gasteiger partial charge < -0.3 is 5.32 Å². The van der Waals surface area contributed by atoms with Crippen molar-refractivity contribution in [3.05, 3.63) is 47.2 Å². The van der Waals surface area contributed by atoms with Gasteiger partial charge >= 0.3 is 0 Å². The average Bonchev–Trinajstić information content (AvgIpc) is 2.73. The molecule has 0 heterocycles. The van der Waals surface area contributed by atoms with Crippen molar-refractivity contribution in [2.45, 2.75) is 39.2 Å². The van der Waals surface area contributed by atoms with E-state index in [9.17, 15) is 4.79 Å². The molecule has 0 aromatic heterocycles. The Bertz CT molecular complexity index is 429. The van der Waals surface area contributed by atoms with Crippen LogP contribution >= 0.6 is 0 Å². The van der Waals surface area contributed by atoms with Crippen LogP contribution in [0.2, 0.25) is 0 Å². The number of nitrogens with one attached hydrogen (secondary N) is 1.